The predicted molar refractivity (Wildman–Crippen MR) is 123 cm³/mol. The van der Waals surface area contributed by atoms with Crippen LogP contribution in [0.15, 0.2) is 46.6 Å². The SMILES string of the molecule is CCCCc1c(C)nc2nc(N(Cc3cccs3)C(=O)c3ccc(C)cc3)[nH]n2c1=O. The van der Waals surface area contributed by atoms with E-state index in [-0.39, 0.29) is 17.2 Å². The second-order valence-electron chi connectivity index (χ2n) is 7.60. The molecule has 1 amide bonds. The molecule has 0 atom stereocenters. The Hall–Kier alpha value is -3.26. The van der Waals surface area contributed by atoms with E-state index in [0.717, 1.165) is 23.3 Å². The van der Waals surface area contributed by atoms with Crippen LogP contribution in [0, 0.1) is 13.8 Å². The van der Waals surface area contributed by atoms with Crippen molar-refractivity contribution >= 4 is 29.0 Å². The minimum Gasteiger partial charge on any atom is -0.272 e. The van der Waals surface area contributed by atoms with Crippen molar-refractivity contribution in [2.75, 3.05) is 4.90 Å². The minimum atomic E-state index is -0.191. The van der Waals surface area contributed by atoms with Crippen molar-refractivity contribution in [3.8, 4) is 0 Å². The molecule has 1 aromatic carbocycles. The summed E-state index contributed by atoms with van der Waals surface area (Å²) in [6, 6.07) is 11.3. The summed E-state index contributed by atoms with van der Waals surface area (Å²) >= 11 is 1.57. The lowest BCUT2D eigenvalue weighted by atomic mass is 10.1. The van der Waals surface area contributed by atoms with E-state index in [1.807, 2.05) is 43.5 Å². The molecule has 160 valence electrons. The van der Waals surface area contributed by atoms with E-state index in [4.69, 9.17) is 0 Å². The van der Waals surface area contributed by atoms with Crippen LogP contribution in [0.5, 0.6) is 0 Å². The summed E-state index contributed by atoms with van der Waals surface area (Å²) in [5.74, 6) is 0.379. The van der Waals surface area contributed by atoms with Crippen LogP contribution in [0.1, 0.15) is 51.8 Å². The molecule has 0 spiro atoms. The van der Waals surface area contributed by atoms with Gasteiger partial charge in [0.25, 0.3) is 17.2 Å². The summed E-state index contributed by atoms with van der Waals surface area (Å²) in [5.41, 5.74) is 2.85. The molecule has 0 bridgehead atoms. The normalized spacial score (nSPS) is 11.2. The molecular weight excluding hydrogens is 410 g/mol. The summed E-state index contributed by atoms with van der Waals surface area (Å²) < 4.78 is 1.34. The number of rotatable bonds is 7. The Balaban J connectivity index is 1.78. The summed E-state index contributed by atoms with van der Waals surface area (Å²) in [6.45, 7) is 6.25. The first-order valence-corrected chi connectivity index (χ1v) is 11.2. The molecule has 8 heteroatoms. The highest BCUT2D eigenvalue weighted by atomic mass is 32.1. The van der Waals surface area contributed by atoms with Crippen molar-refractivity contribution < 1.29 is 4.79 Å². The molecule has 0 aliphatic rings. The van der Waals surface area contributed by atoms with Gasteiger partial charge in [0.1, 0.15) is 0 Å². The number of benzene rings is 1. The number of nitrogens with one attached hydrogen (secondary N) is 1. The Morgan fingerprint density at radius 2 is 1.94 bits per heavy atom. The Labute approximate surface area is 184 Å². The van der Waals surface area contributed by atoms with Gasteiger partial charge in [-0.15, -0.1) is 11.3 Å². The van der Waals surface area contributed by atoms with Crippen molar-refractivity contribution in [2.24, 2.45) is 0 Å². The van der Waals surface area contributed by atoms with E-state index in [0.29, 0.717) is 35.7 Å². The number of hydrogen-bond donors (Lipinski definition) is 1. The van der Waals surface area contributed by atoms with Gasteiger partial charge in [0.05, 0.1) is 12.2 Å². The van der Waals surface area contributed by atoms with E-state index in [1.54, 1.807) is 28.4 Å². The first kappa shape index (κ1) is 21.0. The topological polar surface area (TPSA) is 83.4 Å². The Morgan fingerprint density at radius 1 is 1.16 bits per heavy atom. The number of hydrogen-bond acceptors (Lipinski definition) is 5. The fourth-order valence-corrected chi connectivity index (χ4v) is 4.15. The molecule has 3 aromatic heterocycles. The highest BCUT2D eigenvalue weighted by Gasteiger charge is 2.23. The third-order valence-electron chi connectivity index (χ3n) is 5.26. The van der Waals surface area contributed by atoms with Gasteiger partial charge in [0.2, 0.25) is 5.95 Å². The van der Waals surface area contributed by atoms with Crippen LogP contribution in [0.25, 0.3) is 5.78 Å². The zero-order chi connectivity index (χ0) is 22.0. The molecule has 4 rings (SSSR count). The molecule has 31 heavy (non-hydrogen) atoms. The third kappa shape index (κ3) is 4.29. The molecule has 0 unspecified atom stereocenters. The number of aromatic nitrogens is 4. The maximum absolute atomic E-state index is 13.4. The van der Waals surface area contributed by atoms with E-state index >= 15 is 0 Å². The van der Waals surface area contributed by atoms with Gasteiger partial charge in [0, 0.05) is 16.0 Å². The Morgan fingerprint density at radius 3 is 2.61 bits per heavy atom. The molecule has 0 radical (unpaired) electrons. The standard InChI is InChI=1S/C23H25N5O2S/c1-4-5-8-19-16(3)24-22-25-23(26-28(22)21(19)30)27(14-18-7-6-13-31-18)20(29)17-11-9-15(2)10-12-17/h6-7,9-13H,4-5,8,14H2,1-3H3,(H,24,25,26). The van der Waals surface area contributed by atoms with E-state index in [2.05, 4.69) is 22.0 Å². The number of aromatic amines is 1. The number of amides is 1. The highest BCUT2D eigenvalue weighted by molar-refractivity contribution is 7.09. The van der Waals surface area contributed by atoms with Crippen LogP contribution in [0.3, 0.4) is 0 Å². The molecule has 3 heterocycles. The van der Waals surface area contributed by atoms with Crippen molar-refractivity contribution in [2.45, 2.75) is 46.6 Å². The van der Waals surface area contributed by atoms with Crippen LogP contribution in [-0.2, 0) is 13.0 Å². The zero-order valence-electron chi connectivity index (χ0n) is 17.9. The molecule has 0 aliphatic carbocycles. The molecule has 4 aromatic rings. The summed E-state index contributed by atoms with van der Waals surface area (Å²) in [7, 11) is 0. The maximum Gasteiger partial charge on any atom is 0.277 e. The number of unbranched alkanes of at least 4 members (excludes halogenated alkanes) is 1. The number of H-pyrrole nitrogens is 1. The summed E-state index contributed by atoms with van der Waals surface area (Å²) in [6.07, 6.45) is 2.59. The lowest BCUT2D eigenvalue weighted by molar-refractivity contribution is 0.0983. The zero-order valence-corrected chi connectivity index (χ0v) is 18.7. The van der Waals surface area contributed by atoms with E-state index < -0.39 is 0 Å². The minimum absolute atomic E-state index is 0.159. The highest BCUT2D eigenvalue weighted by Crippen LogP contribution is 2.20. The number of anilines is 1. The summed E-state index contributed by atoms with van der Waals surface area (Å²) in [4.78, 5) is 38.0. The van der Waals surface area contributed by atoms with Gasteiger partial charge in [-0.3, -0.25) is 19.6 Å². The second kappa shape index (κ2) is 8.85. The molecule has 0 saturated heterocycles. The van der Waals surface area contributed by atoms with Gasteiger partial charge in [0.15, 0.2) is 0 Å². The molecule has 0 saturated carbocycles. The van der Waals surface area contributed by atoms with Crippen molar-refractivity contribution in [1.29, 1.82) is 0 Å². The molecule has 1 N–H and O–H groups in total. The van der Waals surface area contributed by atoms with Crippen molar-refractivity contribution in [3.63, 3.8) is 0 Å². The molecule has 0 aliphatic heterocycles. The van der Waals surface area contributed by atoms with E-state index in [1.165, 1.54) is 4.52 Å². The molecular formula is C23H25N5O2S. The van der Waals surface area contributed by atoms with Crippen LogP contribution >= 0.6 is 11.3 Å². The van der Waals surface area contributed by atoms with E-state index in [9.17, 15) is 9.59 Å². The largest absolute Gasteiger partial charge is 0.277 e. The third-order valence-corrected chi connectivity index (χ3v) is 6.12. The molecule has 7 nitrogen and oxygen atoms in total. The average molecular weight is 436 g/mol. The summed E-state index contributed by atoms with van der Waals surface area (Å²) in [5, 5.41) is 4.99. The number of fused-ring (bicyclic) bond motifs is 1. The monoisotopic (exact) mass is 435 g/mol. The first-order chi connectivity index (χ1) is 15.0. The second-order valence-corrected chi connectivity index (χ2v) is 8.64. The van der Waals surface area contributed by atoms with Crippen molar-refractivity contribution in [1.82, 2.24) is 19.6 Å². The Kier molecular flexibility index (Phi) is 5.99. The van der Waals surface area contributed by atoms with Crippen LogP contribution in [0.2, 0.25) is 0 Å². The van der Waals surface area contributed by atoms with Crippen LogP contribution < -0.4 is 10.5 Å². The van der Waals surface area contributed by atoms with Crippen LogP contribution in [0.4, 0.5) is 5.95 Å². The Bertz CT molecular complexity index is 1260. The first-order valence-electron chi connectivity index (χ1n) is 10.4. The van der Waals surface area contributed by atoms with Gasteiger partial charge in [-0.1, -0.05) is 37.1 Å². The van der Waals surface area contributed by atoms with Gasteiger partial charge >= 0.3 is 0 Å². The molecule has 0 fully saturated rings. The number of nitrogens with zero attached hydrogens (tertiary/aromatic N) is 4. The fraction of sp³-hybridized carbons (Fsp3) is 0.304. The smallest absolute Gasteiger partial charge is 0.272 e. The van der Waals surface area contributed by atoms with Crippen molar-refractivity contribution in [3.05, 3.63) is 79.4 Å². The fourth-order valence-electron chi connectivity index (χ4n) is 3.46. The number of thiophene rings is 1. The van der Waals surface area contributed by atoms with Gasteiger partial charge < -0.3 is 0 Å². The lowest BCUT2D eigenvalue weighted by Crippen LogP contribution is -2.31. The van der Waals surface area contributed by atoms with Crippen LogP contribution in [-0.4, -0.2) is 25.5 Å². The van der Waals surface area contributed by atoms with Gasteiger partial charge in [-0.25, -0.2) is 4.98 Å². The maximum atomic E-state index is 13.4. The number of carbonyl (C=O) groups excluding carboxylic acids is 1. The number of aryl methyl sites for hydroxylation is 2. The van der Waals surface area contributed by atoms with Gasteiger partial charge in [-0.2, -0.15) is 9.50 Å². The number of carbonyl (C=O) groups is 1. The van der Waals surface area contributed by atoms with Gasteiger partial charge in [-0.05, 0) is 50.3 Å². The predicted octanol–water partition coefficient (Wildman–Crippen LogP) is 4.29. The lowest BCUT2D eigenvalue weighted by Gasteiger charge is -2.19. The quantitative estimate of drug-likeness (QED) is 0.469. The average Bonchev–Trinajstić information content (AvgIpc) is 3.42.